The van der Waals surface area contributed by atoms with Crippen LogP contribution in [0, 0.1) is 17.6 Å². The number of carbonyl (C=O) groups is 1. The van der Waals surface area contributed by atoms with Crippen LogP contribution in [0.4, 0.5) is 14.5 Å². The third kappa shape index (κ3) is 2.32. The molecule has 1 aliphatic heterocycles. The molecule has 0 bridgehead atoms. The molecule has 3 nitrogen and oxygen atoms in total. The predicted octanol–water partition coefficient (Wildman–Crippen LogP) is 2.07. The number of aliphatic hydroxyl groups excluding tert-OH is 1. The van der Waals surface area contributed by atoms with Crippen LogP contribution in [0.2, 0.25) is 0 Å². The Morgan fingerprint density at radius 3 is 2.47 bits per heavy atom. The Labute approximate surface area is 105 Å². The fourth-order valence-electron chi connectivity index (χ4n) is 1.85. The molecule has 1 unspecified atom stereocenters. The quantitative estimate of drug-likeness (QED) is 0.850. The summed E-state index contributed by atoms with van der Waals surface area (Å²) in [5, 5.41) is 8.97. The van der Waals surface area contributed by atoms with E-state index in [9.17, 15) is 13.6 Å². The maximum absolute atomic E-state index is 13.3. The van der Waals surface area contributed by atoms with Crippen molar-refractivity contribution in [3.63, 3.8) is 0 Å². The first-order valence-electron chi connectivity index (χ1n) is 5.08. The van der Waals surface area contributed by atoms with Crippen molar-refractivity contribution in [1.82, 2.24) is 0 Å². The minimum absolute atomic E-state index is 0.107. The average molecular weight is 306 g/mol. The SMILES string of the molecule is O=C1CC(CO)CN1c1cc(F)c(Br)c(F)c1. The van der Waals surface area contributed by atoms with E-state index >= 15 is 0 Å². The van der Waals surface area contributed by atoms with E-state index in [0.29, 0.717) is 0 Å². The fourth-order valence-corrected chi connectivity index (χ4v) is 2.08. The largest absolute Gasteiger partial charge is 0.396 e. The molecule has 0 aliphatic carbocycles. The molecule has 0 saturated carbocycles. The van der Waals surface area contributed by atoms with Crippen LogP contribution in [0.3, 0.4) is 0 Å². The van der Waals surface area contributed by atoms with Crippen LogP contribution in [0.5, 0.6) is 0 Å². The minimum atomic E-state index is -0.750. The van der Waals surface area contributed by atoms with Gasteiger partial charge in [0.1, 0.15) is 11.6 Å². The molecule has 17 heavy (non-hydrogen) atoms. The molecular weight excluding hydrogens is 296 g/mol. The zero-order valence-electron chi connectivity index (χ0n) is 8.79. The van der Waals surface area contributed by atoms with E-state index in [1.165, 1.54) is 4.90 Å². The Morgan fingerprint density at radius 1 is 1.41 bits per heavy atom. The van der Waals surface area contributed by atoms with Gasteiger partial charge in [-0.15, -0.1) is 0 Å². The second kappa shape index (κ2) is 4.70. The Bertz CT molecular complexity index is 444. The number of nitrogens with zero attached hydrogens (tertiary/aromatic N) is 1. The van der Waals surface area contributed by atoms with Gasteiger partial charge in [-0.1, -0.05) is 0 Å². The molecule has 1 fully saturated rings. The molecule has 2 rings (SSSR count). The summed E-state index contributed by atoms with van der Waals surface area (Å²) in [6.07, 6.45) is 0.204. The van der Waals surface area contributed by atoms with Crippen molar-refractivity contribution < 1.29 is 18.7 Å². The molecule has 1 N–H and O–H groups in total. The first kappa shape index (κ1) is 12.4. The topological polar surface area (TPSA) is 40.5 Å². The van der Waals surface area contributed by atoms with Gasteiger partial charge >= 0.3 is 0 Å². The van der Waals surface area contributed by atoms with Crippen LogP contribution < -0.4 is 4.90 Å². The molecule has 0 aromatic heterocycles. The van der Waals surface area contributed by atoms with Crippen molar-refractivity contribution in [2.24, 2.45) is 5.92 Å². The standard InChI is InChI=1S/C11H10BrF2NO2/c12-11-8(13)2-7(3-9(11)14)15-4-6(5-16)1-10(15)17/h2-3,6,16H,1,4-5H2. The van der Waals surface area contributed by atoms with Crippen molar-refractivity contribution in [2.75, 3.05) is 18.1 Å². The zero-order valence-corrected chi connectivity index (χ0v) is 10.4. The van der Waals surface area contributed by atoms with Gasteiger partial charge in [-0.3, -0.25) is 4.79 Å². The van der Waals surface area contributed by atoms with Crippen LogP contribution in [-0.2, 0) is 4.79 Å². The van der Waals surface area contributed by atoms with Gasteiger partial charge < -0.3 is 10.0 Å². The van der Waals surface area contributed by atoms with Crippen molar-refractivity contribution in [2.45, 2.75) is 6.42 Å². The maximum Gasteiger partial charge on any atom is 0.227 e. The molecule has 0 spiro atoms. The molecule has 0 radical (unpaired) electrons. The number of hydrogen-bond donors (Lipinski definition) is 1. The third-order valence-electron chi connectivity index (χ3n) is 2.74. The lowest BCUT2D eigenvalue weighted by Crippen LogP contribution is -2.25. The number of halogens is 3. The molecule has 1 aromatic rings. The number of anilines is 1. The van der Waals surface area contributed by atoms with E-state index in [2.05, 4.69) is 15.9 Å². The van der Waals surface area contributed by atoms with Gasteiger partial charge in [0.2, 0.25) is 5.91 Å². The Morgan fingerprint density at radius 2 is 2.00 bits per heavy atom. The molecule has 1 saturated heterocycles. The summed E-state index contributed by atoms with van der Waals surface area (Å²) in [4.78, 5) is 12.9. The van der Waals surface area contributed by atoms with Gasteiger partial charge in [0.15, 0.2) is 0 Å². The second-order valence-electron chi connectivity index (χ2n) is 3.98. The normalized spacial score (nSPS) is 20.1. The van der Waals surface area contributed by atoms with Gasteiger partial charge in [0, 0.05) is 31.2 Å². The maximum atomic E-state index is 13.3. The summed E-state index contributed by atoms with van der Waals surface area (Å²) < 4.78 is 26.4. The number of hydrogen-bond acceptors (Lipinski definition) is 2. The number of carbonyl (C=O) groups excluding carboxylic acids is 1. The Balaban J connectivity index is 2.32. The molecule has 1 aliphatic rings. The van der Waals surface area contributed by atoms with Gasteiger partial charge in [-0.05, 0) is 28.1 Å². The van der Waals surface area contributed by atoms with E-state index in [-0.39, 0.29) is 41.6 Å². The highest BCUT2D eigenvalue weighted by atomic mass is 79.9. The van der Waals surface area contributed by atoms with E-state index in [0.717, 1.165) is 12.1 Å². The van der Waals surface area contributed by atoms with Gasteiger partial charge in [-0.25, -0.2) is 8.78 Å². The van der Waals surface area contributed by atoms with Crippen LogP contribution >= 0.6 is 15.9 Å². The van der Waals surface area contributed by atoms with Gasteiger partial charge in [-0.2, -0.15) is 0 Å². The smallest absolute Gasteiger partial charge is 0.227 e. The Kier molecular flexibility index (Phi) is 3.44. The molecule has 1 amide bonds. The molecule has 1 heterocycles. The minimum Gasteiger partial charge on any atom is -0.396 e. The zero-order chi connectivity index (χ0) is 12.6. The van der Waals surface area contributed by atoms with Crippen molar-refractivity contribution >= 4 is 27.5 Å². The first-order valence-corrected chi connectivity index (χ1v) is 5.88. The summed E-state index contributed by atoms with van der Waals surface area (Å²) in [7, 11) is 0. The summed E-state index contributed by atoms with van der Waals surface area (Å²) in [5.41, 5.74) is 0.184. The van der Waals surface area contributed by atoms with Crippen molar-refractivity contribution in [3.05, 3.63) is 28.2 Å². The van der Waals surface area contributed by atoms with Gasteiger partial charge in [0.25, 0.3) is 0 Å². The average Bonchev–Trinajstić information content (AvgIpc) is 2.67. The van der Waals surface area contributed by atoms with Crippen LogP contribution in [0.25, 0.3) is 0 Å². The lowest BCUT2D eigenvalue weighted by molar-refractivity contribution is -0.117. The van der Waals surface area contributed by atoms with Crippen LogP contribution in [0.1, 0.15) is 6.42 Å². The van der Waals surface area contributed by atoms with E-state index in [4.69, 9.17) is 5.11 Å². The van der Waals surface area contributed by atoms with E-state index in [1.807, 2.05) is 0 Å². The monoisotopic (exact) mass is 305 g/mol. The highest BCUT2D eigenvalue weighted by molar-refractivity contribution is 9.10. The highest BCUT2D eigenvalue weighted by Crippen LogP contribution is 2.29. The molecule has 1 atom stereocenters. The number of benzene rings is 1. The highest BCUT2D eigenvalue weighted by Gasteiger charge is 2.30. The van der Waals surface area contributed by atoms with Gasteiger partial charge in [0.05, 0.1) is 4.47 Å². The lowest BCUT2D eigenvalue weighted by Gasteiger charge is -2.17. The van der Waals surface area contributed by atoms with E-state index in [1.54, 1.807) is 0 Å². The van der Waals surface area contributed by atoms with Crippen LogP contribution in [-0.4, -0.2) is 24.2 Å². The Hall–Kier alpha value is -1.01. The van der Waals surface area contributed by atoms with Crippen molar-refractivity contribution in [3.8, 4) is 0 Å². The molecule has 1 aromatic carbocycles. The summed E-state index contributed by atoms with van der Waals surface area (Å²) in [6.45, 7) is 0.180. The summed E-state index contributed by atoms with van der Waals surface area (Å²) in [5.74, 6) is -1.90. The summed E-state index contributed by atoms with van der Waals surface area (Å²) >= 11 is 2.77. The lowest BCUT2D eigenvalue weighted by atomic mass is 10.1. The van der Waals surface area contributed by atoms with E-state index < -0.39 is 11.6 Å². The first-order chi connectivity index (χ1) is 8.02. The predicted molar refractivity (Wildman–Crippen MR) is 61.6 cm³/mol. The number of amides is 1. The number of rotatable bonds is 2. The van der Waals surface area contributed by atoms with Crippen molar-refractivity contribution in [1.29, 1.82) is 0 Å². The fraction of sp³-hybridized carbons (Fsp3) is 0.364. The third-order valence-corrected chi connectivity index (χ3v) is 3.50. The molecular formula is C11H10BrF2NO2. The number of aliphatic hydroxyl groups is 1. The van der Waals surface area contributed by atoms with Crippen LogP contribution in [0.15, 0.2) is 16.6 Å². The molecule has 92 valence electrons. The summed E-state index contributed by atoms with van der Waals surface area (Å²) in [6, 6.07) is 2.20. The molecule has 6 heteroatoms. The second-order valence-corrected chi connectivity index (χ2v) is 4.77.